The molecular formula is C15H9F5O2. The van der Waals surface area contributed by atoms with Crippen molar-refractivity contribution in [1.82, 2.24) is 0 Å². The highest BCUT2D eigenvalue weighted by molar-refractivity contribution is 5.90. The molecule has 2 aromatic carbocycles. The highest BCUT2D eigenvalue weighted by atomic mass is 19.4. The minimum Gasteiger partial charge on any atom is -0.465 e. The third kappa shape index (κ3) is 3.08. The van der Waals surface area contributed by atoms with Crippen LogP contribution in [-0.2, 0) is 10.9 Å². The van der Waals surface area contributed by atoms with E-state index in [1.54, 1.807) is 0 Å². The number of alkyl halides is 3. The number of halogens is 5. The highest BCUT2D eigenvalue weighted by Crippen LogP contribution is 2.33. The lowest BCUT2D eigenvalue weighted by Gasteiger charge is -2.10. The van der Waals surface area contributed by atoms with Crippen LogP contribution in [0.3, 0.4) is 0 Å². The van der Waals surface area contributed by atoms with E-state index in [4.69, 9.17) is 0 Å². The molecule has 0 saturated heterocycles. The first kappa shape index (κ1) is 15.9. The summed E-state index contributed by atoms with van der Waals surface area (Å²) in [6, 6.07) is 5.59. The van der Waals surface area contributed by atoms with Crippen molar-refractivity contribution in [3.05, 3.63) is 59.2 Å². The molecule has 0 fully saturated rings. The van der Waals surface area contributed by atoms with Crippen LogP contribution in [0.15, 0.2) is 36.4 Å². The van der Waals surface area contributed by atoms with Crippen molar-refractivity contribution in [1.29, 1.82) is 0 Å². The van der Waals surface area contributed by atoms with Gasteiger partial charge in [-0.25, -0.2) is 13.6 Å². The first-order valence-electron chi connectivity index (χ1n) is 5.99. The lowest BCUT2D eigenvalue weighted by atomic mass is 10.0. The Kier molecular flexibility index (Phi) is 4.16. The lowest BCUT2D eigenvalue weighted by Crippen LogP contribution is -2.08. The van der Waals surface area contributed by atoms with Gasteiger partial charge in [0.05, 0.1) is 12.7 Å². The molecule has 0 amide bonds. The summed E-state index contributed by atoms with van der Waals surface area (Å²) in [4.78, 5) is 11.2. The average molecular weight is 316 g/mol. The molecule has 0 atom stereocenters. The first-order chi connectivity index (χ1) is 10.2. The average Bonchev–Trinajstić information content (AvgIpc) is 2.45. The van der Waals surface area contributed by atoms with E-state index in [9.17, 15) is 26.7 Å². The molecule has 2 aromatic rings. The first-order valence-corrected chi connectivity index (χ1v) is 5.99. The number of esters is 1. The van der Waals surface area contributed by atoms with Gasteiger partial charge >= 0.3 is 12.1 Å². The summed E-state index contributed by atoms with van der Waals surface area (Å²) in [6.07, 6.45) is -4.57. The maximum atomic E-state index is 13.8. The van der Waals surface area contributed by atoms with Crippen molar-refractivity contribution >= 4 is 5.97 Å². The van der Waals surface area contributed by atoms with Gasteiger partial charge in [-0.05, 0) is 35.4 Å². The minimum absolute atomic E-state index is 0.0240. The van der Waals surface area contributed by atoms with Crippen molar-refractivity contribution in [2.24, 2.45) is 0 Å². The van der Waals surface area contributed by atoms with E-state index in [-0.39, 0.29) is 11.1 Å². The van der Waals surface area contributed by atoms with Crippen LogP contribution in [0.1, 0.15) is 15.9 Å². The molecule has 2 nitrogen and oxygen atoms in total. The third-order valence-electron chi connectivity index (χ3n) is 2.95. The largest absolute Gasteiger partial charge is 0.465 e. The fourth-order valence-corrected chi connectivity index (χ4v) is 1.91. The van der Waals surface area contributed by atoms with Crippen molar-refractivity contribution in [2.75, 3.05) is 7.11 Å². The summed E-state index contributed by atoms with van der Waals surface area (Å²) in [5.41, 5.74) is -1.97. The Labute approximate surface area is 122 Å². The quantitative estimate of drug-likeness (QED) is 0.605. The molecule has 0 radical (unpaired) electrons. The number of methoxy groups -OCH3 is 1. The number of carbonyl (C=O) groups is 1. The lowest BCUT2D eigenvalue weighted by molar-refractivity contribution is -0.137. The molecule has 7 heteroatoms. The molecule has 0 aliphatic rings. The molecule has 0 bridgehead atoms. The van der Waals surface area contributed by atoms with Crippen LogP contribution in [-0.4, -0.2) is 13.1 Å². The zero-order chi connectivity index (χ0) is 16.5. The Morgan fingerprint density at radius 2 is 1.59 bits per heavy atom. The molecule has 0 saturated carbocycles. The molecule has 0 unspecified atom stereocenters. The van der Waals surface area contributed by atoms with Crippen LogP contribution < -0.4 is 0 Å². The Morgan fingerprint density at radius 3 is 2.09 bits per heavy atom. The molecule has 0 aliphatic heterocycles. The molecule has 22 heavy (non-hydrogen) atoms. The van der Waals surface area contributed by atoms with Crippen molar-refractivity contribution in [3.63, 3.8) is 0 Å². The van der Waals surface area contributed by atoms with Crippen LogP contribution in [0.5, 0.6) is 0 Å². The van der Waals surface area contributed by atoms with Crippen LogP contribution in [0.25, 0.3) is 11.1 Å². The maximum absolute atomic E-state index is 13.8. The predicted molar refractivity (Wildman–Crippen MR) is 68.1 cm³/mol. The molecule has 0 aliphatic carbocycles. The zero-order valence-electron chi connectivity index (χ0n) is 11.2. The van der Waals surface area contributed by atoms with Gasteiger partial charge in [0.2, 0.25) is 0 Å². The summed E-state index contributed by atoms with van der Waals surface area (Å²) < 4.78 is 69.8. The van der Waals surface area contributed by atoms with Gasteiger partial charge in [-0.15, -0.1) is 0 Å². The van der Waals surface area contributed by atoms with Gasteiger partial charge in [0.15, 0.2) is 0 Å². The molecule has 116 valence electrons. The zero-order valence-corrected chi connectivity index (χ0v) is 11.2. The van der Waals surface area contributed by atoms with E-state index in [1.165, 1.54) is 6.07 Å². The number of carbonyl (C=O) groups excluding carboxylic acids is 1. The van der Waals surface area contributed by atoms with Gasteiger partial charge in [0.25, 0.3) is 0 Å². The number of hydrogen-bond acceptors (Lipinski definition) is 2. The third-order valence-corrected chi connectivity index (χ3v) is 2.95. The fourth-order valence-electron chi connectivity index (χ4n) is 1.91. The number of rotatable bonds is 2. The Bertz CT molecular complexity index is 699. The fraction of sp³-hybridized carbons (Fsp3) is 0.133. The molecule has 0 N–H and O–H groups in total. The van der Waals surface area contributed by atoms with Crippen LogP contribution in [0, 0.1) is 11.6 Å². The monoisotopic (exact) mass is 316 g/mol. The summed E-state index contributed by atoms with van der Waals surface area (Å²) in [5, 5.41) is 0. The number of ether oxygens (including phenoxy) is 1. The highest BCUT2D eigenvalue weighted by Gasteiger charge is 2.30. The molecule has 0 aromatic heterocycles. The second-order valence-electron chi connectivity index (χ2n) is 4.39. The van der Waals surface area contributed by atoms with Crippen LogP contribution in [0.4, 0.5) is 22.0 Å². The van der Waals surface area contributed by atoms with Gasteiger partial charge in [-0.1, -0.05) is 12.1 Å². The van der Waals surface area contributed by atoms with E-state index in [0.717, 1.165) is 37.4 Å². The molecular weight excluding hydrogens is 307 g/mol. The van der Waals surface area contributed by atoms with E-state index >= 15 is 0 Å². The Hall–Kier alpha value is -2.44. The predicted octanol–water partition coefficient (Wildman–Crippen LogP) is 4.44. The molecule has 0 spiro atoms. The topological polar surface area (TPSA) is 26.3 Å². The van der Waals surface area contributed by atoms with Gasteiger partial charge in [-0.3, -0.25) is 0 Å². The molecule has 2 rings (SSSR count). The van der Waals surface area contributed by atoms with Gasteiger partial charge in [-0.2, -0.15) is 13.2 Å². The smallest absolute Gasteiger partial charge is 0.416 e. The van der Waals surface area contributed by atoms with Crippen LogP contribution >= 0.6 is 0 Å². The van der Waals surface area contributed by atoms with Crippen LogP contribution in [0.2, 0.25) is 0 Å². The number of hydrogen-bond donors (Lipinski definition) is 0. The molecule has 0 heterocycles. The van der Waals surface area contributed by atoms with E-state index in [2.05, 4.69) is 4.74 Å². The summed E-state index contributed by atoms with van der Waals surface area (Å²) in [5.74, 6) is -3.62. The van der Waals surface area contributed by atoms with E-state index in [0.29, 0.717) is 0 Å². The van der Waals surface area contributed by atoms with Gasteiger partial charge in [0.1, 0.15) is 17.2 Å². The number of benzene rings is 2. The summed E-state index contributed by atoms with van der Waals surface area (Å²) in [7, 11) is 0.960. The second kappa shape index (κ2) is 5.75. The van der Waals surface area contributed by atoms with Crippen molar-refractivity contribution < 1.29 is 31.5 Å². The minimum atomic E-state index is -4.57. The Balaban J connectivity index is 2.53. The maximum Gasteiger partial charge on any atom is 0.416 e. The summed E-state index contributed by atoms with van der Waals surface area (Å²) in [6.45, 7) is 0. The van der Waals surface area contributed by atoms with Gasteiger partial charge < -0.3 is 4.74 Å². The van der Waals surface area contributed by atoms with Crippen molar-refractivity contribution in [2.45, 2.75) is 6.18 Å². The Morgan fingerprint density at radius 1 is 1.00 bits per heavy atom. The normalized spacial score (nSPS) is 11.4. The SMILES string of the molecule is COC(=O)c1c(F)cc(-c2cccc(C(F)(F)F)c2)cc1F. The standard InChI is InChI=1S/C15H9F5O2/c1-22-14(21)13-11(16)6-9(7-12(13)17)8-3-2-4-10(5-8)15(18,19)20/h2-7H,1H3. The summed E-state index contributed by atoms with van der Waals surface area (Å²) >= 11 is 0. The van der Waals surface area contributed by atoms with E-state index in [1.807, 2.05) is 0 Å². The van der Waals surface area contributed by atoms with Crippen molar-refractivity contribution in [3.8, 4) is 11.1 Å². The van der Waals surface area contributed by atoms with E-state index < -0.39 is 34.9 Å². The second-order valence-corrected chi connectivity index (χ2v) is 4.39. The van der Waals surface area contributed by atoms with Gasteiger partial charge in [0, 0.05) is 0 Å².